The maximum atomic E-state index is 12.7. The van der Waals surface area contributed by atoms with Crippen molar-refractivity contribution in [2.75, 3.05) is 4.90 Å². The fourth-order valence-electron chi connectivity index (χ4n) is 2.60. The Morgan fingerprint density at radius 1 is 1.13 bits per heavy atom. The fourth-order valence-corrected chi connectivity index (χ4v) is 2.73. The molecule has 2 heterocycles. The van der Waals surface area contributed by atoms with Gasteiger partial charge in [0.25, 0.3) is 5.91 Å². The average molecular weight is 330 g/mol. The molecule has 0 spiro atoms. The summed E-state index contributed by atoms with van der Waals surface area (Å²) in [7, 11) is 0. The van der Waals surface area contributed by atoms with Gasteiger partial charge in [-0.3, -0.25) is 9.78 Å². The van der Waals surface area contributed by atoms with Gasteiger partial charge < -0.3 is 4.90 Å². The molecule has 118 valence electrons. The van der Waals surface area contributed by atoms with Crippen LogP contribution in [-0.4, -0.2) is 27.9 Å². The zero-order chi connectivity index (χ0) is 16.6. The van der Waals surface area contributed by atoms with E-state index in [9.17, 15) is 9.59 Å². The number of pyridine rings is 1. The Balaban J connectivity index is 1.87. The van der Waals surface area contributed by atoms with Crippen LogP contribution in [0.3, 0.4) is 0 Å². The summed E-state index contributed by atoms with van der Waals surface area (Å²) in [5.41, 5.74) is 2.16. The highest BCUT2D eigenvalue weighted by atomic mass is 35.5. The minimum Gasteiger partial charge on any atom is -0.306 e. The van der Waals surface area contributed by atoms with Gasteiger partial charge >= 0.3 is 6.03 Å². The average Bonchev–Trinajstić information content (AvgIpc) is 2.73. The summed E-state index contributed by atoms with van der Waals surface area (Å²) in [5.74, 6) is -0.245. The third-order valence-electron chi connectivity index (χ3n) is 3.85. The number of aromatic nitrogens is 1. The van der Waals surface area contributed by atoms with E-state index in [0.29, 0.717) is 17.3 Å². The first kappa shape index (κ1) is 15.5. The summed E-state index contributed by atoms with van der Waals surface area (Å²) >= 11 is 5.86. The summed E-state index contributed by atoms with van der Waals surface area (Å²) in [6.07, 6.45) is 0. The molecule has 1 aromatic carbocycles. The number of carbonyl (C=O) groups excluding carboxylic acids is 2. The van der Waals surface area contributed by atoms with Crippen LogP contribution in [-0.2, 0) is 11.3 Å². The number of halogens is 1. The zero-order valence-electron chi connectivity index (χ0n) is 12.9. The highest BCUT2D eigenvalue weighted by molar-refractivity contribution is 6.30. The number of amides is 3. The third kappa shape index (κ3) is 2.92. The first-order valence-electron chi connectivity index (χ1n) is 7.30. The summed E-state index contributed by atoms with van der Waals surface area (Å²) < 4.78 is 0. The van der Waals surface area contributed by atoms with Crippen molar-refractivity contribution in [3.05, 3.63) is 58.9 Å². The first-order chi connectivity index (χ1) is 11.0. The first-order valence-corrected chi connectivity index (χ1v) is 7.68. The van der Waals surface area contributed by atoms with Crippen LogP contribution in [0.1, 0.15) is 18.3 Å². The number of benzene rings is 1. The normalized spacial score (nSPS) is 18.0. The van der Waals surface area contributed by atoms with Crippen LogP contribution >= 0.6 is 11.6 Å². The number of nitrogens with zero attached hydrogens (tertiary/aromatic N) is 3. The Kier molecular flexibility index (Phi) is 4.05. The van der Waals surface area contributed by atoms with Crippen LogP contribution in [0.15, 0.2) is 42.5 Å². The molecular weight excluding hydrogens is 314 g/mol. The zero-order valence-corrected chi connectivity index (χ0v) is 13.6. The molecule has 2 aromatic rings. The second-order valence-corrected chi connectivity index (χ2v) is 5.94. The van der Waals surface area contributed by atoms with Gasteiger partial charge in [-0.2, -0.15) is 0 Å². The maximum Gasteiger partial charge on any atom is 0.332 e. The number of hydrogen-bond acceptors (Lipinski definition) is 3. The van der Waals surface area contributed by atoms with Gasteiger partial charge in [0.2, 0.25) is 0 Å². The van der Waals surface area contributed by atoms with Crippen LogP contribution in [0.25, 0.3) is 0 Å². The van der Waals surface area contributed by atoms with Crippen molar-refractivity contribution in [1.82, 2.24) is 9.88 Å². The molecule has 1 fully saturated rings. The van der Waals surface area contributed by atoms with Gasteiger partial charge in [0, 0.05) is 10.7 Å². The van der Waals surface area contributed by atoms with Gasteiger partial charge in [-0.05, 0) is 50.2 Å². The predicted molar refractivity (Wildman–Crippen MR) is 88.3 cm³/mol. The number of imide groups is 1. The van der Waals surface area contributed by atoms with Crippen molar-refractivity contribution in [2.24, 2.45) is 0 Å². The van der Waals surface area contributed by atoms with Gasteiger partial charge in [0.15, 0.2) is 0 Å². The molecule has 3 rings (SSSR count). The number of carbonyl (C=O) groups is 2. The molecule has 1 aliphatic rings. The van der Waals surface area contributed by atoms with Gasteiger partial charge in [-0.25, -0.2) is 9.69 Å². The van der Waals surface area contributed by atoms with E-state index in [0.717, 1.165) is 11.4 Å². The van der Waals surface area contributed by atoms with E-state index in [4.69, 9.17) is 11.6 Å². The van der Waals surface area contributed by atoms with E-state index in [1.165, 1.54) is 9.80 Å². The SMILES string of the molecule is Cc1cccc(CN2C(=O)N(c3ccc(Cl)cc3)C(=O)[C@@H]2C)n1. The van der Waals surface area contributed by atoms with Crippen LogP contribution in [0.2, 0.25) is 5.02 Å². The van der Waals surface area contributed by atoms with Crippen molar-refractivity contribution in [3.8, 4) is 0 Å². The topological polar surface area (TPSA) is 53.5 Å². The lowest BCUT2D eigenvalue weighted by molar-refractivity contribution is -0.119. The Morgan fingerprint density at radius 2 is 1.83 bits per heavy atom. The van der Waals surface area contributed by atoms with Gasteiger partial charge in [0.1, 0.15) is 6.04 Å². The molecule has 1 aromatic heterocycles. The van der Waals surface area contributed by atoms with Crippen molar-refractivity contribution >= 4 is 29.2 Å². The molecule has 0 radical (unpaired) electrons. The van der Waals surface area contributed by atoms with Crippen LogP contribution in [0, 0.1) is 6.92 Å². The Bertz CT molecular complexity index is 761. The van der Waals surface area contributed by atoms with Crippen LogP contribution in [0.4, 0.5) is 10.5 Å². The number of aryl methyl sites for hydroxylation is 1. The molecule has 5 nitrogen and oxygen atoms in total. The van der Waals surface area contributed by atoms with Gasteiger partial charge in [-0.1, -0.05) is 17.7 Å². The Hall–Kier alpha value is -2.40. The molecule has 1 saturated heterocycles. The number of anilines is 1. The molecule has 6 heteroatoms. The molecule has 1 aliphatic heterocycles. The van der Waals surface area contributed by atoms with Crippen molar-refractivity contribution in [1.29, 1.82) is 0 Å². The van der Waals surface area contributed by atoms with Crippen molar-refractivity contribution < 1.29 is 9.59 Å². The third-order valence-corrected chi connectivity index (χ3v) is 4.10. The van der Waals surface area contributed by atoms with E-state index >= 15 is 0 Å². The lowest BCUT2D eigenvalue weighted by Gasteiger charge is -2.19. The monoisotopic (exact) mass is 329 g/mol. The van der Waals surface area contributed by atoms with E-state index in [2.05, 4.69) is 4.98 Å². The number of urea groups is 1. The molecule has 0 unspecified atom stereocenters. The Labute approximate surface area is 139 Å². The summed E-state index contributed by atoms with van der Waals surface area (Å²) in [5, 5.41) is 0.557. The second kappa shape index (κ2) is 6.01. The summed E-state index contributed by atoms with van der Waals surface area (Å²) in [6, 6.07) is 11.4. The highest BCUT2D eigenvalue weighted by Gasteiger charge is 2.43. The molecule has 23 heavy (non-hydrogen) atoms. The van der Waals surface area contributed by atoms with E-state index < -0.39 is 6.04 Å². The Morgan fingerprint density at radius 3 is 2.48 bits per heavy atom. The summed E-state index contributed by atoms with van der Waals surface area (Å²) in [6.45, 7) is 3.92. The highest BCUT2D eigenvalue weighted by Crippen LogP contribution is 2.27. The minimum atomic E-state index is -0.527. The molecule has 1 atom stereocenters. The lowest BCUT2D eigenvalue weighted by Crippen LogP contribution is -2.33. The second-order valence-electron chi connectivity index (χ2n) is 5.51. The molecule has 0 N–H and O–H groups in total. The molecule has 3 amide bonds. The summed E-state index contributed by atoms with van der Waals surface area (Å²) in [4.78, 5) is 32.3. The molecule has 0 aliphatic carbocycles. The van der Waals surface area contributed by atoms with Crippen LogP contribution < -0.4 is 4.90 Å². The molecule has 0 bridgehead atoms. The van der Waals surface area contributed by atoms with Crippen LogP contribution in [0.5, 0.6) is 0 Å². The minimum absolute atomic E-state index is 0.245. The smallest absolute Gasteiger partial charge is 0.306 e. The van der Waals surface area contributed by atoms with E-state index in [1.807, 2.05) is 25.1 Å². The largest absolute Gasteiger partial charge is 0.332 e. The predicted octanol–water partition coefficient (Wildman–Crippen LogP) is 3.40. The molecule has 0 saturated carbocycles. The van der Waals surface area contributed by atoms with Gasteiger partial charge in [0.05, 0.1) is 17.9 Å². The quantitative estimate of drug-likeness (QED) is 0.811. The molecular formula is C17H16ClN3O2. The van der Waals surface area contributed by atoms with E-state index in [1.54, 1.807) is 31.2 Å². The van der Waals surface area contributed by atoms with E-state index in [-0.39, 0.29) is 11.9 Å². The maximum absolute atomic E-state index is 12.7. The standard InChI is InChI=1S/C17H16ClN3O2/c1-11-4-3-5-14(19-11)10-20-12(2)16(22)21(17(20)23)15-8-6-13(18)7-9-15/h3-9,12H,10H2,1-2H3/t12-/m0/s1. The van der Waals surface area contributed by atoms with Gasteiger partial charge in [-0.15, -0.1) is 0 Å². The lowest BCUT2D eigenvalue weighted by atomic mass is 10.2. The number of hydrogen-bond donors (Lipinski definition) is 0. The number of rotatable bonds is 3. The fraction of sp³-hybridized carbons (Fsp3) is 0.235. The van der Waals surface area contributed by atoms with Crippen molar-refractivity contribution in [3.63, 3.8) is 0 Å². The van der Waals surface area contributed by atoms with Crippen molar-refractivity contribution in [2.45, 2.75) is 26.4 Å².